The van der Waals surface area contributed by atoms with Crippen molar-refractivity contribution in [2.45, 2.75) is 179 Å². The molecule has 1 amide bonds. The smallest absolute Gasteiger partial charge is 0.307 e. The van der Waals surface area contributed by atoms with Crippen LogP contribution < -0.4 is 10.6 Å². The molecule has 0 bridgehead atoms. The predicted octanol–water partition coefficient (Wildman–Crippen LogP) is 8.75. The Morgan fingerprint density at radius 1 is 0.574 bits per heavy atom. The fourth-order valence-corrected chi connectivity index (χ4v) is 11.8. The van der Waals surface area contributed by atoms with Crippen LogP contribution in [0, 0.1) is 53.3 Å². The van der Waals surface area contributed by atoms with Crippen LogP contribution in [0.3, 0.4) is 0 Å². The number of aliphatic carboxylic acids is 1. The van der Waals surface area contributed by atoms with Crippen molar-refractivity contribution < 1.29 is 24.8 Å². The van der Waals surface area contributed by atoms with Gasteiger partial charge >= 0.3 is 5.97 Å². The molecular weight excluding hydrogens is 588 g/mol. The van der Waals surface area contributed by atoms with E-state index in [9.17, 15) is 20.0 Å². The van der Waals surface area contributed by atoms with Crippen molar-refractivity contribution in [2.24, 2.45) is 53.3 Å². The van der Waals surface area contributed by atoms with E-state index >= 15 is 0 Å². The van der Waals surface area contributed by atoms with E-state index in [1.54, 1.807) is 0 Å². The zero-order valence-electron chi connectivity index (χ0n) is 29.4. The SMILES string of the molecule is O=C(O)C1CCC(C2CCCCC2)CC1C(=O)NC1CCC(CC2CCC(NC3CC(C4CCCCC4)CCC3COO)CC2)CC1. The third-order valence-corrected chi connectivity index (χ3v) is 14.7. The Balaban J connectivity index is 0.910. The van der Waals surface area contributed by atoms with Crippen LogP contribution in [-0.2, 0) is 14.5 Å². The monoisotopic (exact) mass is 657 g/mol. The van der Waals surface area contributed by atoms with Crippen molar-refractivity contribution in [1.29, 1.82) is 0 Å². The summed E-state index contributed by atoms with van der Waals surface area (Å²) < 4.78 is 0. The highest BCUT2D eigenvalue weighted by atomic mass is 17.1. The highest BCUT2D eigenvalue weighted by Gasteiger charge is 2.42. The normalized spacial score (nSPS) is 39.7. The molecule has 4 N–H and O–H groups in total. The zero-order valence-corrected chi connectivity index (χ0v) is 29.4. The van der Waals surface area contributed by atoms with Gasteiger partial charge in [0.05, 0.1) is 18.4 Å². The van der Waals surface area contributed by atoms with Crippen molar-refractivity contribution in [3.8, 4) is 0 Å². The lowest BCUT2D eigenvalue weighted by Gasteiger charge is -2.43. The van der Waals surface area contributed by atoms with Gasteiger partial charge in [0.1, 0.15) is 0 Å². The van der Waals surface area contributed by atoms with Gasteiger partial charge in [-0.2, -0.15) is 0 Å². The van der Waals surface area contributed by atoms with Gasteiger partial charge in [-0.15, -0.1) is 0 Å². The number of hydrogen-bond donors (Lipinski definition) is 4. The van der Waals surface area contributed by atoms with E-state index in [0.29, 0.717) is 42.9 Å². The maximum Gasteiger partial charge on any atom is 0.307 e. The number of amides is 1. The highest BCUT2D eigenvalue weighted by Crippen LogP contribution is 2.44. The summed E-state index contributed by atoms with van der Waals surface area (Å²) in [6.45, 7) is 0.468. The van der Waals surface area contributed by atoms with E-state index in [-0.39, 0.29) is 17.9 Å². The van der Waals surface area contributed by atoms with Crippen LogP contribution in [0.2, 0.25) is 0 Å². The van der Waals surface area contributed by atoms with Gasteiger partial charge in [0.25, 0.3) is 0 Å². The fourth-order valence-electron chi connectivity index (χ4n) is 11.8. The Labute approximate surface area is 285 Å². The first-order valence-corrected chi connectivity index (χ1v) is 20.5. The predicted molar refractivity (Wildman–Crippen MR) is 186 cm³/mol. The van der Waals surface area contributed by atoms with Gasteiger partial charge in [-0.3, -0.25) is 14.8 Å². The number of rotatable bonds is 11. The number of carboxylic acid groups (broad SMARTS) is 1. The second-order valence-corrected chi connectivity index (χ2v) is 17.5. The molecule has 6 rings (SSSR count). The third kappa shape index (κ3) is 9.75. The Morgan fingerprint density at radius 3 is 1.70 bits per heavy atom. The fraction of sp³-hybridized carbons (Fsp3) is 0.950. The summed E-state index contributed by atoms with van der Waals surface area (Å²) in [6, 6.07) is 1.29. The van der Waals surface area contributed by atoms with E-state index in [0.717, 1.165) is 49.4 Å². The van der Waals surface area contributed by atoms with E-state index in [4.69, 9.17) is 4.89 Å². The zero-order chi connectivity index (χ0) is 32.6. The van der Waals surface area contributed by atoms with Gasteiger partial charge < -0.3 is 15.7 Å². The number of carbonyl (C=O) groups is 2. The summed E-state index contributed by atoms with van der Waals surface area (Å²) in [7, 11) is 0. The number of hydrogen-bond acceptors (Lipinski definition) is 5. The van der Waals surface area contributed by atoms with Crippen molar-refractivity contribution in [1.82, 2.24) is 10.6 Å². The summed E-state index contributed by atoms with van der Waals surface area (Å²) in [5, 5.41) is 26.7. The van der Waals surface area contributed by atoms with Gasteiger partial charge in [0.2, 0.25) is 5.91 Å². The molecule has 0 aromatic rings. The summed E-state index contributed by atoms with van der Waals surface area (Å²) >= 11 is 0. The maximum absolute atomic E-state index is 13.5. The topological polar surface area (TPSA) is 108 Å². The Morgan fingerprint density at radius 2 is 1.13 bits per heavy atom. The van der Waals surface area contributed by atoms with Crippen LogP contribution in [0.5, 0.6) is 0 Å². The van der Waals surface area contributed by atoms with Crippen LogP contribution in [0.15, 0.2) is 0 Å². The first-order valence-electron chi connectivity index (χ1n) is 20.5. The number of carbonyl (C=O) groups excluding carboxylic acids is 1. The van der Waals surface area contributed by atoms with E-state index in [2.05, 4.69) is 10.6 Å². The molecule has 6 aliphatic carbocycles. The summed E-state index contributed by atoms with van der Waals surface area (Å²) in [5.74, 6) is 3.37. The first kappa shape index (κ1) is 35.6. The third-order valence-electron chi connectivity index (χ3n) is 14.7. The van der Waals surface area contributed by atoms with Crippen LogP contribution in [0.4, 0.5) is 0 Å². The lowest BCUT2D eigenvalue weighted by atomic mass is 9.66. The molecule has 0 radical (unpaired) electrons. The molecule has 6 aliphatic rings. The molecular formula is C40H68N2O5. The minimum atomic E-state index is -0.776. The average Bonchev–Trinajstić information content (AvgIpc) is 3.11. The van der Waals surface area contributed by atoms with Crippen molar-refractivity contribution in [3.05, 3.63) is 0 Å². The molecule has 47 heavy (non-hydrogen) atoms. The largest absolute Gasteiger partial charge is 0.481 e. The average molecular weight is 657 g/mol. The summed E-state index contributed by atoms with van der Waals surface area (Å²) in [5.41, 5.74) is 0. The lowest BCUT2D eigenvalue weighted by Crippen LogP contribution is -2.49. The first-order chi connectivity index (χ1) is 23.0. The standard InChI is InChI=1S/C40H68N2O5/c43-39(37-24-31(17-22-36(37)40(44)45)29-7-3-1-4-8-29)42-35-20-13-28(14-21-35)23-27-11-18-34(19-12-27)41-38-25-32(15-16-33(38)26-47-46)30-9-5-2-6-10-30/h27-38,41,46H,1-26H2,(H,42,43)(H,44,45). The maximum atomic E-state index is 13.5. The molecule has 6 fully saturated rings. The lowest BCUT2D eigenvalue weighted by molar-refractivity contribution is -0.254. The van der Waals surface area contributed by atoms with E-state index in [1.165, 1.54) is 128 Å². The quantitative estimate of drug-likeness (QED) is 0.131. The van der Waals surface area contributed by atoms with Crippen LogP contribution in [-0.4, -0.2) is 47.0 Å². The van der Waals surface area contributed by atoms with Crippen molar-refractivity contribution >= 4 is 11.9 Å². The second kappa shape index (κ2) is 17.7. The van der Waals surface area contributed by atoms with Crippen molar-refractivity contribution in [2.75, 3.05) is 6.61 Å². The molecule has 0 heterocycles. The molecule has 6 saturated carbocycles. The molecule has 7 nitrogen and oxygen atoms in total. The molecule has 7 heteroatoms. The molecule has 0 saturated heterocycles. The highest BCUT2D eigenvalue weighted by molar-refractivity contribution is 5.85. The molecule has 0 aromatic carbocycles. The molecule has 0 aliphatic heterocycles. The minimum Gasteiger partial charge on any atom is -0.481 e. The Bertz CT molecular complexity index is 964. The Kier molecular flexibility index (Phi) is 13.4. The molecule has 0 spiro atoms. The second-order valence-electron chi connectivity index (χ2n) is 17.5. The van der Waals surface area contributed by atoms with E-state index < -0.39 is 11.9 Å². The van der Waals surface area contributed by atoms with Gasteiger partial charge in [0, 0.05) is 24.0 Å². The number of nitrogens with one attached hydrogen (secondary N) is 2. The number of carboxylic acids is 1. The van der Waals surface area contributed by atoms with Crippen LogP contribution in [0.1, 0.15) is 161 Å². The summed E-state index contributed by atoms with van der Waals surface area (Å²) in [6.07, 6.45) is 30.7. The van der Waals surface area contributed by atoms with Gasteiger partial charge in [-0.05, 0) is 132 Å². The van der Waals surface area contributed by atoms with Gasteiger partial charge in [-0.25, -0.2) is 4.89 Å². The van der Waals surface area contributed by atoms with Crippen LogP contribution in [0.25, 0.3) is 0 Å². The van der Waals surface area contributed by atoms with Gasteiger partial charge in [-0.1, -0.05) is 64.2 Å². The Hall–Kier alpha value is -1.18. The van der Waals surface area contributed by atoms with Crippen molar-refractivity contribution in [3.63, 3.8) is 0 Å². The molecule has 6 atom stereocenters. The minimum absolute atomic E-state index is 0.0306. The molecule has 6 unspecified atom stereocenters. The summed E-state index contributed by atoms with van der Waals surface area (Å²) in [4.78, 5) is 30.3. The van der Waals surface area contributed by atoms with Crippen LogP contribution >= 0.6 is 0 Å². The van der Waals surface area contributed by atoms with E-state index in [1.807, 2.05) is 0 Å². The molecule has 268 valence electrons. The molecule has 0 aromatic heterocycles. The van der Waals surface area contributed by atoms with Gasteiger partial charge in [0.15, 0.2) is 0 Å².